The van der Waals surface area contributed by atoms with Crippen LogP contribution in [-0.4, -0.2) is 91.7 Å². The molecule has 53 heavy (non-hydrogen) atoms. The number of hydrogen-bond donors (Lipinski definition) is 9. The molecule has 1 heterocycles. The molecule has 0 aliphatic heterocycles. The summed E-state index contributed by atoms with van der Waals surface area (Å²) >= 11 is 0. The van der Waals surface area contributed by atoms with Crippen LogP contribution in [0, 0.1) is 11.8 Å². The molecule has 0 spiro atoms. The molecule has 290 valence electrons. The van der Waals surface area contributed by atoms with E-state index in [9.17, 15) is 58.8 Å². The fourth-order valence-electron chi connectivity index (χ4n) is 5.12. The van der Waals surface area contributed by atoms with Gasteiger partial charge >= 0.3 is 29.8 Å². The fourth-order valence-corrected chi connectivity index (χ4v) is 5.12. The number of carboxylic acids is 5. The number of benzene rings is 1. The summed E-state index contributed by atoms with van der Waals surface area (Å²) < 4.78 is 11.0. The molecule has 4 atom stereocenters. The quantitative estimate of drug-likeness (QED) is 0.0640. The first kappa shape index (κ1) is 43.2. The Hall–Kier alpha value is -5.98. The third kappa shape index (κ3) is 16.3. The molecule has 19 nitrogen and oxygen atoms in total. The minimum atomic E-state index is -1.64. The minimum absolute atomic E-state index is 0.242. The lowest BCUT2D eigenvalue weighted by Gasteiger charge is -2.20. The zero-order valence-electron chi connectivity index (χ0n) is 28.7. The van der Waals surface area contributed by atoms with Crippen LogP contribution in [0.2, 0.25) is 0 Å². The summed E-state index contributed by atoms with van der Waals surface area (Å²) in [5, 5.41) is 53.7. The van der Waals surface area contributed by atoms with E-state index in [0.29, 0.717) is 24.5 Å². The van der Waals surface area contributed by atoms with Crippen molar-refractivity contribution in [3.05, 3.63) is 53.5 Å². The van der Waals surface area contributed by atoms with Gasteiger partial charge in [0.2, 0.25) is 17.7 Å². The second-order valence-electron chi connectivity index (χ2n) is 12.0. The summed E-state index contributed by atoms with van der Waals surface area (Å²) in [4.78, 5) is 94.7. The average molecular weight is 749 g/mol. The maximum Gasteiger partial charge on any atom is 0.326 e. The van der Waals surface area contributed by atoms with Crippen LogP contribution in [0.1, 0.15) is 68.3 Å². The Balaban J connectivity index is 1.76. The first-order chi connectivity index (χ1) is 25.1. The molecule has 1 aromatic heterocycles. The van der Waals surface area contributed by atoms with Gasteiger partial charge in [0.1, 0.15) is 30.2 Å². The Morgan fingerprint density at radius 3 is 1.64 bits per heavy atom. The van der Waals surface area contributed by atoms with Crippen molar-refractivity contribution in [3.63, 3.8) is 0 Å². The van der Waals surface area contributed by atoms with Gasteiger partial charge in [0.15, 0.2) is 0 Å². The lowest BCUT2D eigenvalue weighted by molar-refractivity contribution is -0.155. The average Bonchev–Trinajstić information content (AvgIpc) is 3.57. The first-order valence-corrected chi connectivity index (χ1v) is 16.6. The van der Waals surface area contributed by atoms with Crippen LogP contribution < -0.4 is 26.4 Å². The molecular weight excluding hydrogens is 704 g/mol. The van der Waals surface area contributed by atoms with E-state index in [0.717, 1.165) is 11.1 Å². The Kier molecular flexibility index (Phi) is 18.0. The Bertz CT molecular complexity index is 1590. The summed E-state index contributed by atoms with van der Waals surface area (Å²) in [6.07, 6.45) is -1.76. The largest absolute Gasteiger partial charge is 0.489 e. The molecular formula is C34H44N4O15. The number of rotatable bonds is 26. The lowest BCUT2D eigenvalue weighted by atomic mass is 9.85. The molecule has 0 aliphatic carbocycles. The molecule has 0 bridgehead atoms. The number of ether oxygens (including phenoxy) is 1. The van der Waals surface area contributed by atoms with Crippen LogP contribution in [0.15, 0.2) is 41.0 Å². The summed E-state index contributed by atoms with van der Waals surface area (Å²) in [6.45, 7) is 0.843. The maximum atomic E-state index is 12.5. The number of nitrogens with two attached hydrogens (primary N) is 1. The molecule has 2 unspecified atom stereocenters. The van der Waals surface area contributed by atoms with Gasteiger partial charge in [-0.1, -0.05) is 12.1 Å². The molecule has 3 amide bonds. The number of hydrogen-bond acceptors (Lipinski definition) is 11. The van der Waals surface area contributed by atoms with Gasteiger partial charge in [-0.05, 0) is 55.9 Å². The van der Waals surface area contributed by atoms with E-state index in [-0.39, 0.29) is 25.9 Å². The predicted molar refractivity (Wildman–Crippen MR) is 180 cm³/mol. The molecule has 2 rings (SSSR count). The van der Waals surface area contributed by atoms with Crippen molar-refractivity contribution < 1.29 is 73.0 Å². The predicted octanol–water partition coefficient (Wildman–Crippen LogP) is 0.722. The zero-order valence-corrected chi connectivity index (χ0v) is 28.7. The highest BCUT2D eigenvalue weighted by Gasteiger charge is 2.34. The summed E-state index contributed by atoms with van der Waals surface area (Å²) in [5.74, 6) is -11.7. The number of aliphatic carboxylic acids is 5. The third-order valence-electron chi connectivity index (χ3n) is 8.03. The van der Waals surface area contributed by atoms with Gasteiger partial charge in [-0.3, -0.25) is 28.8 Å². The zero-order chi connectivity index (χ0) is 39.5. The highest BCUT2D eigenvalue weighted by atomic mass is 16.5. The molecule has 1 aromatic carbocycles. The van der Waals surface area contributed by atoms with Crippen LogP contribution in [-0.2, 0) is 57.9 Å². The number of carboxylic acid groups (broad SMARTS) is 5. The first-order valence-electron chi connectivity index (χ1n) is 16.6. The van der Waals surface area contributed by atoms with Gasteiger partial charge in [0.25, 0.3) is 0 Å². The Labute approximate surface area is 302 Å². The van der Waals surface area contributed by atoms with Crippen LogP contribution in [0.4, 0.5) is 0 Å². The molecule has 0 saturated heterocycles. The third-order valence-corrected chi connectivity index (χ3v) is 8.03. The molecule has 0 saturated carbocycles. The summed E-state index contributed by atoms with van der Waals surface area (Å²) in [7, 11) is 0. The van der Waals surface area contributed by atoms with E-state index in [4.69, 9.17) is 20.0 Å². The maximum absolute atomic E-state index is 12.5. The molecule has 0 radical (unpaired) electrons. The Morgan fingerprint density at radius 2 is 1.17 bits per heavy atom. The van der Waals surface area contributed by atoms with Gasteiger partial charge in [-0.2, -0.15) is 0 Å². The second-order valence-corrected chi connectivity index (χ2v) is 12.0. The molecule has 2 aromatic rings. The van der Waals surface area contributed by atoms with E-state index in [1.807, 2.05) is 12.1 Å². The lowest BCUT2D eigenvalue weighted by Crippen LogP contribution is -2.44. The van der Waals surface area contributed by atoms with Crippen molar-refractivity contribution in [2.45, 2.75) is 83.0 Å². The molecule has 0 aliphatic rings. The van der Waals surface area contributed by atoms with Crippen molar-refractivity contribution in [1.29, 1.82) is 0 Å². The molecule has 10 N–H and O–H groups in total. The monoisotopic (exact) mass is 748 g/mol. The SMILES string of the molecule is NCc1cc(COc2ccc(CCNC(=O)CC[C@H](NC(=O)CC[C@H](NC(=O)CCC(C(=O)O)C(CCC(=O)O)C(=O)O)C(=O)O)C(=O)O)cc2)co1. The topological polar surface area (TPSA) is 322 Å². The number of amides is 3. The Morgan fingerprint density at radius 1 is 0.660 bits per heavy atom. The van der Waals surface area contributed by atoms with E-state index >= 15 is 0 Å². The van der Waals surface area contributed by atoms with Crippen LogP contribution >= 0.6 is 0 Å². The fraction of sp³-hybridized carbons (Fsp3) is 0.471. The standard InChI is InChI=1S/C34H44N4O15/c35-16-22-15-20(18-53-22)17-52-21-3-1-19(2-4-21)13-14-36-27(39)10-7-25(33(48)49)38-29(41)11-8-26(34(50)51)37-28(40)9-5-23(31(44)45)24(32(46)47)6-12-30(42)43/h1-4,15,18,23-26H,5-14,16-17,35H2,(H,36,39)(H,37,40)(H,38,41)(H,42,43)(H,44,45)(H,46,47)(H,48,49)(H,50,51)/t23?,24?,25-,26-/m0/s1. The highest BCUT2D eigenvalue weighted by Crippen LogP contribution is 2.24. The van der Waals surface area contributed by atoms with E-state index in [2.05, 4.69) is 16.0 Å². The van der Waals surface area contributed by atoms with Gasteiger partial charge < -0.3 is 56.4 Å². The van der Waals surface area contributed by atoms with E-state index in [1.54, 1.807) is 24.5 Å². The number of nitrogens with one attached hydrogen (secondary N) is 3. The van der Waals surface area contributed by atoms with Crippen molar-refractivity contribution in [2.24, 2.45) is 17.6 Å². The minimum Gasteiger partial charge on any atom is -0.489 e. The normalized spacial score (nSPS) is 13.1. The van der Waals surface area contributed by atoms with Crippen LogP contribution in [0.25, 0.3) is 0 Å². The van der Waals surface area contributed by atoms with Crippen molar-refractivity contribution in [1.82, 2.24) is 16.0 Å². The molecule has 0 fully saturated rings. The number of carbonyl (C=O) groups excluding carboxylic acids is 3. The van der Waals surface area contributed by atoms with Crippen molar-refractivity contribution in [3.8, 4) is 5.75 Å². The van der Waals surface area contributed by atoms with Crippen LogP contribution in [0.5, 0.6) is 5.75 Å². The van der Waals surface area contributed by atoms with Gasteiger partial charge in [0.05, 0.1) is 24.6 Å². The summed E-state index contributed by atoms with van der Waals surface area (Å²) in [5.41, 5.74) is 7.27. The van der Waals surface area contributed by atoms with E-state index in [1.165, 1.54) is 0 Å². The number of carbonyl (C=O) groups is 8. The highest BCUT2D eigenvalue weighted by molar-refractivity contribution is 5.87. The second kappa shape index (κ2) is 22.1. The molecule has 19 heteroatoms. The van der Waals surface area contributed by atoms with Crippen molar-refractivity contribution >= 4 is 47.6 Å². The van der Waals surface area contributed by atoms with Gasteiger partial charge in [-0.15, -0.1) is 0 Å². The van der Waals surface area contributed by atoms with Gasteiger partial charge in [0, 0.05) is 37.8 Å². The van der Waals surface area contributed by atoms with Crippen molar-refractivity contribution in [2.75, 3.05) is 6.54 Å². The summed E-state index contributed by atoms with van der Waals surface area (Å²) in [6, 6.07) is 5.91. The van der Waals surface area contributed by atoms with E-state index < -0.39 is 110 Å². The smallest absolute Gasteiger partial charge is 0.326 e. The van der Waals surface area contributed by atoms with Crippen LogP contribution in [0.3, 0.4) is 0 Å². The van der Waals surface area contributed by atoms with Gasteiger partial charge in [-0.25, -0.2) is 9.59 Å². The number of furan rings is 1.